The molecule has 0 atom stereocenters. The van der Waals surface area contributed by atoms with Gasteiger partial charge in [-0.2, -0.15) is 4.31 Å². The fourth-order valence-corrected chi connectivity index (χ4v) is 3.74. The molecule has 0 heterocycles. The lowest BCUT2D eigenvalue weighted by molar-refractivity contribution is 0.369. The summed E-state index contributed by atoms with van der Waals surface area (Å²) in [6.07, 6.45) is 0. The Morgan fingerprint density at radius 1 is 1.33 bits per heavy atom. The molecule has 18 heavy (non-hydrogen) atoms. The average Bonchev–Trinajstić information content (AvgIpc) is 2.28. The van der Waals surface area contributed by atoms with Crippen LogP contribution in [0.25, 0.3) is 0 Å². The fraction of sp³-hybridized carbons (Fsp3) is 0.538. The highest BCUT2D eigenvalue weighted by atomic mass is 32.2. The zero-order valence-electron chi connectivity index (χ0n) is 11.5. The Kier molecular flexibility index (Phi) is 4.90. The summed E-state index contributed by atoms with van der Waals surface area (Å²) in [6, 6.07) is 5.07. The first-order valence-electron chi connectivity index (χ1n) is 6.16. The number of aryl methyl sites for hydroxylation is 1. The predicted octanol–water partition coefficient (Wildman–Crippen LogP) is 1.87. The Bertz CT molecular complexity index is 510. The van der Waals surface area contributed by atoms with Gasteiger partial charge in [-0.05, 0) is 44.0 Å². The van der Waals surface area contributed by atoms with E-state index in [0.29, 0.717) is 18.0 Å². The minimum atomic E-state index is -3.41. The summed E-state index contributed by atoms with van der Waals surface area (Å²) < 4.78 is 26.4. The maximum Gasteiger partial charge on any atom is 0.243 e. The van der Waals surface area contributed by atoms with Crippen LogP contribution >= 0.6 is 0 Å². The Balaban J connectivity index is 3.24. The smallest absolute Gasteiger partial charge is 0.243 e. The number of benzene rings is 1. The monoisotopic (exact) mass is 270 g/mol. The molecular weight excluding hydrogens is 248 g/mol. The molecule has 102 valence electrons. The van der Waals surface area contributed by atoms with Crippen molar-refractivity contribution in [2.45, 2.75) is 45.2 Å². The number of rotatable bonds is 5. The van der Waals surface area contributed by atoms with Gasteiger partial charge < -0.3 is 5.73 Å². The van der Waals surface area contributed by atoms with E-state index in [1.165, 1.54) is 4.31 Å². The van der Waals surface area contributed by atoms with E-state index in [1.54, 1.807) is 18.2 Å². The third-order valence-corrected chi connectivity index (χ3v) is 5.18. The van der Waals surface area contributed by atoms with Crippen LogP contribution in [-0.2, 0) is 16.6 Å². The quantitative estimate of drug-likeness (QED) is 0.888. The lowest BCUT2D eigenvalue weighted by Gasteiger charge is -2.24. The van der Waals surface area contributed by atoms with Gasteiger partial charge in [0.15, 0.2) is 0 Å². The van der Waals surface area contributed by atoms with E-state index in [9.17, 15) is 8.42 Å². The van der Waals surface area contributed by atoms with Crippen molar-refractivity contribution in [1.29, 1.82) is 0 Å². The summed E-state index contributed by atoms with van der Waals surface area (Å²) in [5, 5.41) is 0. The van der Waals surface area contributed by atoms with Gasteiger partial charge in [0.05, 0.1) is 4.90 Å². The third kappa shape index (κ3) is 2.91. The van der Waals surface area contributed by atoms with Gasteiger partial charge in [-0.25, -0.2) is 8.42 Å². The van der Waals surface area contributed by atoms with E-state index >= 15 is 0 Å². The molecule has 0 radical (unpaired) electrons. The van der Waals surface area contributed by atoms with Gasteiger partial charge >= 0.3 is 0 Å². The van der Waals surface area contributed by atoms with E-state index in [-0.39, 0.29) is 6.04 Å². The van der Waals surface area contributed by atoms with Gasteiger partial charge in [-0.15, -0.1) is 0 Å². The SMILES string of the molecule is CCN(C(C)C)S(=O)(=O)c1ccc(CN)c(C)c1. The molecule has 1 aromatic rings. The minimum absolute atomic E-state index is 0.0468. The number of sulfonamides is 1. The van der Waals surface area contributed by atoms with Crippen LogP contribution in [-0.4, -0.2) is 25.3 Å². The van der Waals surface area contributed by atoms with E-state index in [0.717, 1.165) is 11.1 Å². The standard InChI is InChI=1S/C13H22N2O2S/c1-5-15(10(2)3)18(16,17)13-7-6-12(9-14)11(4)8-13/h6-8,10H,5,9,14H2,1-4H3. The van der Waals surface area contributed by atoms with Gasteiger partial charge in [0.2, 0.25) is 10.0 Å². The molecule has 0 unspecified atom stereocenters. The molecule has 0 saturated carbocycles. The van der Waals surface area contributed by atoms with Crippen molar-refractivity contribution in [3.05, 3.63) is 29.3 Å². The van der Waals surface area contributed by atoms with Crippen molar-refractivity contribution in [2.75, 3.05) is 6.54 Å². The van der Waals surface area contributed by atoms with Crippen molar-refractivity contribution in [3.8, 4) is 0 Å². The second-order valence-corrected chi connectivity index (χ2v) is 6.49. The summed E-state index contributed by atoms with van der Waals surface area (Å²) in [4.78, 5) is 0.341. The molecule has 0 saturated heterocycles. The molecular formula is C13H22N2O2S. The first kappa shape index (κ1) is 15.1. The summed E-state index contributed by atoms with van der Waals surface area (Å²) in [5.41, 5.74) is 7.47. The van der Waals surface area contributed by atoms with Crippen LogP contribution in [0.3, 0.4) is 0 Å². The molecule has 0 spiro atoms. The zero-order chi connectivity index (χ0) is 13.9. The van der Waals surface area contributed by atoms with Crippen molar-refractivity contribution in [2.24, 2.45) is 5.73 Å². The Morgan fingerprint density at radius 3 is 2.33 bits per heavy atom. The molecule has 1 rings (SSSR count). The predicted molar refractivity (Wildman–Crippen MR) is 73.8 cm³/mol. The van der Waals surface area contributed by atoms with E-state index in [1.807, 2.05) is 27.7 Å². The van der Waals surface area contributed by atoms with Crippen molar-refractivity contribution >= 4 is 10.0 Å². The number of hydrogen-bond acceptors (Lipinski definition) is 3. The Labute approximate surface area is 110 Å². The van der Waals surface area contributed by atoms with E-state index < -0.39 is 10.0 Å². The first-order chi connectivity index (χ1) is 8.34. The highest BCUT2D eigenvalue weighted by Gasteiger charge is 2.25. The summed E-state index contributed by atoms with van der Waals surface area (Å²) >= 11 is 0. The molecule has 4 nitrogen and oxygen atoms in total. The average molecular weight is 270 g/mol. The number of nitrogens with two attached hydrogens (primary N) is 1. The summed E-state index contributed by atoms with van der Waals surface area (Å²) in [7, 11) is -3.41. The topological polar surface area (TPSA) is 63.4 Å². The second-order valence-electron chi connectivity index (χ2n) is 4.59. The van der Waals surface area contributed by atoms with E-state index in [4.69, 9.17) is 5.73 Å². The number of nitrogens with zero attached hydrogens (tertiary/aromatic N) is 1. The van der Waals surface area contributed by atoms with Crippen molar-refractivity contribution < 1.29 is 8.42 Å². The maximum atomic E-state index is 12.5. The van der Waals surface area contributed by atoms with Gasteiger partial charge in [-0.1, -0.05) is 13.0 Å². The molecule has 0 amide bonds. The van der Waals surface area contributed by atoms with Gasteiger partial charge in [0.25, 0.3) is 0 Å². The lowest BCUT2D eigenvalue weighted by atomic mass is 10.1. The largest absolute Gasteiger partial charge is 0.326 e. The Hall–Kier alpha value is -0.910. The molecule has 0 aliphatic rings. The number of hydrogen-bond donors (Lipinski definition) is 1. The molecule has 5 heteroatoms. The Morgan fingerprint density at radius 2 is 1.94 bits per heavy atom. The summed E-state index contributed by atoms with van der Waals surface area (Å²) in [5.74, 6) is 0. The van der Waals surface area contributed by atoms with Crippen molar-refractivity contribution in [3.63, 3.8) is 0 Å². The minimum Gasteiger partial charge on any atom is -0.326 e. The highest BCUT2D eigenvalue weighted by molar-refractivity contribution is 7.89. The van der Waals surface area contributed by atoms with E-state index in [2.05, 4.69) is 0 Å². The van der Waals surface area contributed by atoms with Crippen LogP contribution < -0.4 is 5.73 Å². The van der Waals surface area contributed by atoms with Crippen molar-refractivity contribution in [1.82, 2.24) is 4.31 Å². The van der Waals surface area contributed by atoms with Crippen LogP contribution in [0.4, 0.5) is 0 Å². The van der Waals surface area contributed by atoms with Crippen LogP contribution in [0.1, 0.15) is 31.9 Å². The van der Waals surface area contributed by atoms with Crippen LogP contribution in [0.15, 0.2) is 23.1 Å². The normalized spacial score (nSPS) is 12.4. The molecule has 0 aliphatic carbocycles. The third-order valence-electron chi connectivity index (χ3n) is 3.03. The molecule has 2 N–H and O–H groups in total. The van der Waals surface area contributed by atoms with Gasteiger partial charge in [-0.3, -0.25) is 0 Å². The highest BCUT2D eigenvalue weighted by Crippen LogP contribution is 2.20. The van der Waals surface area contributed by atoms with Crippen LogP contribution in [0, 0.1) is 6.92 Å². The fourth-order valence-electron chi connectivity index (χ4n) is 2.01. The van der Waals surface area contributed by atoms with Gasteiger partial charge in [0, 0.05) is 19.1 Å². The van der Waals surface area contributed by atoms with Gasteiger partial charge in [0.1, 0.15) is 0 Å². The van der Waals surface area contributed by atoms with Crippen LogP contribution in [0.5, 0.6) is 0 Å². The first-order valence-corrected chi connectivity index (χ1v) is 7.60. The molecule has 0 fully saturated rings. The summed E-state index contributed by atoms with van der Waals surface area (Å²) in [6.45, 7) is 8.38. The maximum absolute atomic E-state index is 12.5. The lowest BCUT2D eigenvalue weighted by Crippen LogP contribution is -2.36. The molecule has 0 bridgehead atoms. The molecule has 0 aliphatic heterocycles. The second kappa shape index (κ2) is 5.82. The zero-order valence-corrected chi connectivity index (χ0v) is 12.3. The molecule has 0 aromatic heterocycles. The molecule has 1 aromatic carbocycles. The van der Waals surface area contributed by atoms with Crippen LogP contribution in [0.2, 0.25) is 0 Å².